The van der Waals surface area contributed by atoms with Gasteiger partial charge in [-0.1, -0.05) is 6.07 Å². The highest BCUT2D eigenvalue weighted by Crippen LogP contribution is 2.16. The number of carbonyl (C=O) groups excluding carboxylic acids is 1. The molecule has 0 radical (unpaired) electrons. The summed E-state index contributed by atoms with van der Waals surface area (Å²) in [4.78, 5) is 29.0. The van der Waals surface area contributed by atoms with Crippen LogP contribution in [0.2, 0.25) is 0 Å². The lowest BCUT2D eigenvalue weighted by molar-refractivity contribution is 0.0821. The van der Waals surface area contributed by atoms with Crippen molar-refractivity contribution in [3.05, 3.63) is 48.0 Å². The molecule has 0 unspecified atom stereocenters. The number of carbonyl (C=O) groups is 1. The van der Waals surface area contributed by atoms with Crippen LogP contribution in [0.1, 0.15) is 16.2 Å². The van der Waals surface area contributed by atoms with Gasteiger partial charge in [-0.3, -0.25) is 4.79 Å². The summed E-state index contributed by atoms with van der Waals surface area (Å²) >= 11 is 0. The molecule has 0 bridgehead atoms. The number of nitrogens with zero attached hydrogens (tertiary/aromatic N) is 5. The average molecular weight is 341 g/mol. The smallest absolute Gasteiger partial charge is 0.271 e. The van der Waals surface area contributed by atoms with Crippen LogP contribution in [0, 0.1) is 5.92 Å². The summed E-state index contributed by atoms with van der Waals surface area (Å²) in [6, 6.07) is 7.40. The first-order chi connectivity index (χ1) is 12.1. The first-order valence-electron chi connectivity index (χ1n) is 8.41. The number of pyridine rings is 1. The van der Waals surface area contributed by atoms with Crippen molar-refractivity contribution in [3.63, 3.8) is 0 Å². The van der Waals surface area contributed by atoms with E-state index in [2.05, 4.69) is 19.9 Å². The summed E-state index contributed by atoms with van der Waals surface area (Å²) in [5.41, 5.74) is 1.37. The molecule has 0 N–H and O–H groups in total. The van der Waals surface area contributed by atoms with Gasteiger partial charge in [0, 0.05) is 51.2 Å². The van der Waals surface area contributed by atoms with Gasteiger partial charge in [-0.15, -0.1) is 0 Å². The first-order valence-corrected chi connectivity index (χ1v) is 8.41. The summed E-state index contributed by atoms with van der Waals surface area (Å²) in [5.74, 6) is 0.907. The van der Waals surface area contributed by atoms with Crippen molar-refractivity contribution in [1.29, 1.82) is 0 Å². The van der Waals surface area contributed by atoms with Gasteiger partial charge in [0.1, 0.15) is 5.69 Å². The monoisotopic (exact) mass is 341 g/mol. The number of hydrogen-bond acceptors (Lipinski definition) is 6. The lowest BCUT2D eigenvalue weighted by atomic mass is 10.0. The van der Waals surface area contributed by atoms with Crippen molar-refractivity contribution >= 4 is 11.9 Å². The van der Waals surface area contributed by atoms with E-state index in [0.717, 1.165) is 31.2 Å². The second-order valence-corrected chi connectivity index (χ2v) is 6.35. The summed E-state index contributed by atoms with van der Waals surface area (Å²) in [7, 11) is 3.46. The van der Waals surface area contributed by atoms with Crippen LogP contribution >= 0.6 is 0 Å². The quantitative estimate of drug-likeness (QED) is 0.834. The van der Waals surface area contributed by atoms with E-state index in [1.54, 1.807) is 32.6 Å². The zero-order valence-electron chi connectivity index (χ0n) is 14.6. The van der Waals surface area contributed by atoms with Crippen LogP contribution in [0.5, 0.6) is 0 Å². The van der Waals surface area contributed by atoms with E-state index in [1.165, 1.54) is 4.90 Å². The minimum absolute atomic E-state index is 0.0849. The summed E-state index contributed by atoms with van der Waals surface area (Å²) in [6.07, 6.45) is 4.25. The Morgan fingerprint density at radius 3 is 2.84 bits per heavy atom. The molecule has 132 valence electrons. The first kappa shape index (κ1) is 17.3. The maximum absolute atomic E-state index is 12.1. The van der Waals surface area contributed by atoms with E-state index in [4.69, 9.17) is 4.74 Å². The van der Waals surface area contributed by atoms with Gasteiger partial charge in [0.15, 0.2) is 0 Å². The lowest BCUT2D eigenvalue weighted by Crippen LogP contribution is -2.32. The zero-order chi connectivity index (χ0) is 17.6. The van der Waals surface area contributed by atoms with Crippen molar-refractivity contribution in [2.45, 2.75) is 6.42 Å². The van der Waals surface area contributed by atoms with E-state index >= 15 is 0 Å². The molecule has 1 aliphatic rings. The van der Waals surface area contributed by atoms with E-state index in [0.29, 0.717) is 18.9 Å². The Bertz CT molecular complexity index is 708. The molecular weight excluding hydrogens is 318 g/mol. The van der Waals surface area contributed by atoms with Gasteiger partial charge in [-0.05, 0) is 24.6 Å². The molecule has 1 saturated heterocycles. The molecule has 1 amide bonds. The zero-order valence-corrected chi connectivity index (χ0v) is 14.6. The minimum Gasteiger partial charge on any atom is -0.379 e. The molecule has 2 aromatic rings. The third kappa shape index (κ3) is 4.51. The molecule has 7 nitrogen and oxygen atoms in total. The van der Waals surface area contributed by atoms with Crippen LogP contribution in [0.4, 0.5) is 5.95 Å². The number of amides is 1. The van der Waals surface area contributed by atoms with Gasteiger partial charge in [0.05, 0.1) is 13.2 Å². The molecule has 0 spiro atoms. The van der Waals surface area contributed by atoms with Gasteiger partial charge < -0.3 is 14.5 Å². The fourth-order valence-electron chi connectivity index (χ4n) is 2.88. The summed E-state index contributed by atoms with van der Waals surface area (Å²) < 4.78 is 5.75. The predicted octanol–water partition coefficient (Wildman–Crippen LogP) is 1.27. The Labute approximate surface area is 147 Å². The average Bonchev–Trinajstić information content (AvgIpc) is 2.87. The largest absolute Gasteiger partial charge is 0.379 e. The standard InChI is InChI=1S/C18H23N5O2/c1-22(2)17(24)16-6-3-5-15(21-16)11-14-12-23(9-10-25-13-14)18-19-7-4-8-20-18/h3-8,14H,9-13H2,1-2H3/t14-/m0/s1. The van der Waals surface area contributed by atoms with Gasteiger partial charge >= 0.3 is 0 Å². The normalized spacial score (nSPS) is 17.8. The molecule has 3 heterocycles. The third-order valence-electron chi connectivity index (χ3n) is 4.10. The molecule has 0 aromatic carbocycles. The topological polar surface area (TPSA) is 71.5 Å². The Balaban J connectivity index is 1.71. The maximum atomic E-state index is 12.1. The minimum atomic E-state index is -0.0849. The molecule has 7 heteroatoms. The van der Waals surface area contributed by atoms with Gasteiger partial charge in [0.25, 0.3) is 5.91 Å². The van der Waals surface area contributed by atoms with Crippen LogP contribution < -0.4 is 4.90 Å². The molecule has 25 heavy (non-hydrogen) atoms. The van der Waals surface area contributed by atoms with Crippen molar-refractivity contribution < 1.29 is 9.53 Å². The van der Waals surface area contributed by atoms with E-state index in [9.17, 15) is 4.79 Å². The van der Waals surface area contributed by atoms with Gasteiger partial charge in [-0.2, -0.15) is 0 Å². The van der Waals surface area contributed by atoms with Crippen LogP contribution in [0.15, 0.2) is 36.7 Å². The van der Waals surface area contributed by atoms with Crippen LogP contribution in [0.3, 0.4) is 0 Å². The van der Waals surface area contributed by atoms with Crippen molar-refractivity contribution in [3.8, 4) is 0 Å². The number of hydrogen-bond donors (Lipinski definition) is 0. The van der Waals surface area contributed by atoms with Crippen LogP contribution in [0.25, 0.3) is 0 Å². The van der Waals surface area contributed by atoms with Crippen LogP contribution in [-0.2, 0) is 11.2 Å². The lowest BCUT2D eigenvalue weighted by Gasteiger charge is -2.23. The van der Waals surface area contributed by atoms with E-state index in [-0.39, 0.29) is 11.8 Å². The van der Waals surface area contributed by atoms with E-state index < -0.39 is 0 Å². The Morgan fingerprint density at radius 2 is 2.08 bits per heavy atom. The highest BCUT2D eigenvalue weighted by atomic mass is 16.5. The van der Waals surface area contributed by atoms with Gasteiger partial charge in [-0.25, -0.2) is 15.0 Å². The molecular formula is C18H23N5O2. The summed E-state index contributed by atoms with van der Waals surface area (Å²) in [6.45, 7) is 2.89. The summed E-state index contributed by atoms with van der Waals surface area (Å²) in [5, 5.41) is 0. The number of aromatic nitrogens is 3. The van der Waals surface area contributed by atoms with Crippen molar-refractivity contribution in [2.24, 2.45) is 5.92 Å². The fraction of sp³-hybridized carbons (Fsp3) is 0.444. The Hall–Kier alpha value is -2.54. The van der Waals surface area contributed by atoms with Gasteiger partial charge in [0.2, 0.25) is 5.95 Å². The second kappa shape index (κ2) is 8.02. The molecule has 1 atom stereocenters. The number of rotatable bonds is 4. The molecule has 3 rings (SSSR count). The molecule has 1 fully saturated rings. The highest BCUT2D eigenvalue weighted by molar-refractivity contribution is 5.91. The molecule has 1 aliphatic heterocycles. The molecule has 0 saturated carbocycles. The number of ether oxygens (including phenoxy) is 1. The number of anilines is 1. The third-order valence-corrected chi connectivity index (χ3v) is 4.10. The van der Waals surface area contributed by atoms with Crippen molar-refractivity contribution in [2.75, 3.05) is 45.3 Å². The maximum Gasteiger partial charge on any atom is 0.271 e. The highest BCUT2D eigenvalue weighted by Gasteiger charge is 2.21. The molecule has 2 aromatic heterocycles. The Morgan fingerprint density at radius 1 is 1.28 bits per heavy atom. The van der Waals surface area contributed by atoms with E-state index in [1.807, 2.05) is 18.2 Å². The second-order valence-electron chi connectivity index (χ2n) is 6.35. The molecule has 0 aliphatic carbocycles. The Kier molecular flexibility index (Phi) is 5.55. The van der Waals surface area contributed by atoms with Crippen molar-refractivity contribution in [1.82, 2.24) is 19.9 Å². The van der Waals surface area contributed by atoms with Crippen LogP contribution in [-0.4, -0.2) is 66.2 Å². The predicted molar refractivity (Wildman–Crippen MR) is 94.5 cm³/mol. The SMILES string of the molecule is CN(C)C(=O)c1cccc(C[C@@H]2COCCN(c3ncccn3)C2)n1. The fourth-order valence-corrected chi connectivity index (χ4v) is 2.88.